The highest BCUT2D eigenvalue weighted by atomic mass is 35.5. The number of amides is 4. The minimum atomic E-state index is -2.78. The van der Waals surface area contributed by atoms with Gasteiger partial charge in [0.2, 0.25) is 17.6 Å². The second-order valence-corrected chi connectivity index (χ2v) is 16.3. The first-order chi connectivity index (χ1) is 29.0. The van der Waals surface area contributed by atoms with Crippen LogP contribution in [0.5, 0.6) is 17.2 Å². The van der Waals surface area contributed by atoms with Gasteiger partial charge in [-0.25, -0.2) is 26.9 Å². The molecule has 0 radical (unpaired) electrons. The van der Waals surface area contributed by atoms with Gasteiger partial charge in [0, 0.05) is 17.0 Å². The molecule has 9 nitrogen and oxygen atoms in total. The predicted molar refractivity (Wildman–Crippen MR) is 216 cm³/mol. The Morgan fingerprint density at radius 3 is 2.13 bits per heavy atom. The first kappa shape index (κ1) is 41.7. The number of rotatable bonds is 9. The lowest BCUT2D eigenvalue weighted by Gasteiger charge is -2.50. The molecule has 0 unspecified atom stereocenters. The first-order valence-electron chi connectivity index (χ1n) is 18.8. The van der Waals surface area contributed by atoms with Crippen molar-refractivity contribution in [2.24, 2.45) is 17.8 Å². The van der Waals surface area contributed by atoms with Crippen LogP contribution in [0.1, 0.15) is 41.0 Å². The normalized spacial score (nSPS) is 25.8. The Morgan fingerprint density at radius 2 is 1.49 bits per heavy atom. The number of alkyl halides is 2. The molecule has 2 saturated heterocycles. The number of benzene rings is 4. The zero-order chi connectivity index (χ0) is 43.9. The minimum Gasteiger partial charge on any atom is -0.507 e. The summed E-state index contributed by atoms with van der Waals surface area (Å²) in [7, 11) is 3.07. The molecule has 2 aliphatic carbocycles. The Hall–Kier alpha value is -5.99. The standard InChI is InChI=1S/C45H33Cl2F5N2O7/c1-4-6-22-7-5-8-28(39(22)55)32-26-16-17-27-31(29(26)20-44(46)42(58)54(43(59)45(32,44)47)38-36(51)34(49)33(48)35(50)37(38)52)41(57)53(40(27)56)24-13-10-21(11-14-24)9-12-23-19-25(60-2)15-18-30(23)61-3/h4-5,7-16,18-19,27,29,31-32,55H,1,6,17,20H2,2-3H3/t27-,29+,31-,32+,44+,45-/m0/s1. The molecule has 6 atom stereocenters. The molecular formula is C45H33Cl2F5N2O7. The number of ether oxygens (including phenoxy) is 2. The van der Waals surface area contributed by atoms with E-state index in [0.29, 0.717) is 17.1 Å². The number of imide groups is 2. The van der Waals surface area contributed by atoms with Crippen molar-refractivity contribution in [3.05, 3.63) is 136 Å². The van der Waals surface area contributed by atoms with Crippen LogP contribution < -0.4 is 19.3 Å². The van der Waals surface area contributed by atoms with Crippen molar-refractivity contribution in [1.82, 2.24) is 0 Å². The molecule has 314 valence electrons. The highest BCUT2D eigenvalue weighted by molar-refractivity contribution is 6.58. The van der Waals surface area contributed by atoms with Gasteiger partial charge in [-0.1, -0.05) is 60.2 Å². The second kappa shape index (κ2) is 15.2. The van der Waals surface area contributed by atoms with Gasteiger partial charge in [0.15, 0.2) is 33.0 Å². The molecule has 2 aliphatic heterocycles. The third-order valence-electron chi connectivity index (χ3n) is 12.1. The largest absolute Gasteiger partial charge is 0.507 e. The Bertz CT molecular complexity index is 2630. The highest BCUT2D eigenvalue weighted by Gasteiger charge is 2.77. The van der Waals surface area contributed by atoms with Crippen molar-refractivity contribution in [3.8, 4) is 17.2 Å². The number of fused-ring (bicyclic) bond motifs is 4. The first-order valence-corrected chi connectivity index (χ1v) is 19.6. The van der Waals surface area contributed by atoms with Crippen LogP contribution in [0.3, 0.4) is 0 Å². The van der Waals surface area contributed by atoms with Crippen LogP contribution in [0.25, 0.3) is 12.2 Å². The van der Waals surface area contributed by atoms with Gasteiger partial charge in [0.05, 0.1) is 31.7 Å². The van der Waals surface area contributed by atoms with E-state index < -0.39 is 104 Å². The molecule has 1 saturated carbocycles. The van der Waals surface area contributed by atoms with Gasteiger partial charge in [-0.15, -0.1) is 29.8 Å². The molecule has 0 spiro atoms. The summed E-state index contributed by atoms with van der Waals surface area (Å²) in [5.41, 5.74) is 0.170. The van der Waals surface area contributed by atoms with E-state index in [0.717, 1.165) is 10.5 Å². The van der Waals surface area contributed by atoms with Crippen LogP contribution in [-0.2, 0) is 25.6 Å². The molecule has 4 aromatic carbocycles. The summed E-state index contributed by atoms with van der Waals surface area (Å²) in [5.74, 6) is -21.1. The maximum atomic E-state index is 15.4. The van der Waals surface area contributed by atoms with Crippen LogP contribution in [0, 0.1) is 46.8 Å². The number of hydrogen-bond donors (Lipinski definition) is 1. The number of phenolic OH excluding ortho intramolecular Hbond substituents is 1. The Morgan fingerprint density at radius 1 is 0.820 bits per heavy atom. The molecule has 2 heterocycles. The van der Waals surface area contributed by atoms with E-state index >= 15 is 8.78 Å². The fourth-order valence-electron chi connectivity index (χ4n) is 9.22. The number of aromatic hydroxyl groups is 1. The Labute approximate surface area is 355 Å². The SMILES string of the molecule is C=CCc1cccc([C@H]2C3=CC[C@@H]4C(=O)N(c5ccc(C=Cc6cc(OC)ccc6OC)cc5)C(=O)[C@@H]4[C@@H]3C[C@@]3(Cl)C(=O)N(c4c(F)c(F)c(F)c(F)c4F)C(=O)[C@@]23Cl)c1O. The minimum absolute atomic E-state index is 0.0733. The van der Waals surface area contributed by atoms with Gasteiger partial charge in [0.25, 0.3) is 11.8 Å². The highest BCUT2D eigenvalue weighted by Crippen LogP contribution is 2.67. The van der Waals surface area contributed by atoms with Crippen molar-refractivity contribution in [2.45, 2.75) is 34.9 Å². The van der Waals surface area contributed by atoms with Gasteiger partial charge >= 0.3 is 0 Å². The zero-order valence-electron chi connectivity index (χ0n) is 32.2. The topological polar surface area (TPSA) is 113 Å². The number of anilines is 2. The Balaban J connectivity index is 1.21. The number of carbonyl (C=O) groups excluding carboxylic acids is 4. The fraction of sp³-hybridized carbons (Fsp3) is 0.244. The van der Waals surface area contributed by atoms with Gasteiger partial charge < -0.3 is 14.6 Å². The summed E-state index contributed by atoms with van der Waals surface area (Å²) in [5, 5.41) is 11.7. The zero-order valence-corrected chi connectivity index (χ0v) is 33.7. The number of halogens is 7. The molecule has 16 heteroatoms. The van der Waals surface area contributed by atoms with E-state index in [9.17, 15) is 37.5 Å². The number of para-hydroxylation sites is 1. The van der Waals surface area contributed by atoms with Gasteiger partial charge in [-0.05, 0) is 66.6 Å². The van der Waals surface area contributed by atoms with Gasteiger partial charge in [-0.3, -0.25) is 24.1 Å². The van der Waals surface area contributed by atoms with Crippen LogP contribution in [0.4, 0.5) is 33.3 Å². The summed E-state index contributed by atoms with van der Waals surface area (Å²) >= 11 is 14.5. The van der Waals surface area contributed by atoms with Crippen LogP contribution in [0.2, 0.25) is 0 Å². The van der Waals surface area contributed by atoms with Crippen LogP contribution >= 0.6 is 23.2 Å². The predicted octanol–water partition coefficient (Wildman–Crippen LogP) is 8.77. The lowest BCUT2D eigenvalue weighted by atomic mass is 9.56. The molecule has 0 bridgehead atoms. The molecule has 3 fully saturated rings. The summed E-state index contributed by atoms with van der Waals surface area (Å²) in [6, 6.07) is 16.2. The number of carbonyl (C=O) groups is 4. The van der Waals surface area contributed by atoms with E-state index in [-0.39, 0.29) is 40.1 Å². The molecule has 4 aromatic rings. The van der Waals surface area contributed by atoms with Crippen LogP contribution in [-0.4, -0.2) is 52.7 Å². The monoisotopic (exact) mass is 878 g/mol. The molecule has 61 heavy (non-hydrogen) atoms. The third kappa shape index (κ3) is 6.00. The van der Waals surface area contributed by atoms with E-state index in [2.05, 4.69) is 6.58 Å². The fourth-order valence-corrected chi connectivity index (χ4v) is 10.1. The maximum Gasteiger partial charge on any atom is 0.258 e. The van der Waals surface area contributed by atoms with Crippen molar-refractivity contribution in [2.75, 3.05) is 24.0 Å². The van der Waals surface area contributed by atoms with Crippen molar-refractivity contribution < 1.29 is 55.7 Å². The van der Waals surface area contributed by atoms with Crippen molar-refractivity contribution in [3.63, 3.8) is 0 Å². The Kier molecular flexibility index (Phi) is 10.4. The van der Waals surface area contributed by atoms with E-state index in [1.165, 1.54) is 38.5 Å². The van der Waals surface area contributed by atoms with Crippen LogP contribution in [0.15, 0.2) is 85.0 Å². The lowest BCUT2D eigenvalue weighted by Crippen LogP contribution is -2.60. The number of hydrogen-bond acceptors (Lipinski definition) is 7. The molecule has 1 N–H and O–H groups in total. The number of methoxy groups -OCH3 is 2. The second-order valence-electron chi connectivity index (χ2n) is 15.1. The summed E-state index contributed by atoms with van der Waals surface area (Å²) in [6.07, 6.45) is 5.98. The van der Waals surface area contributed by atoms with E-state index in [1.54, 1.807) is 60.7 Å². The molecule has 4 amide bonds. The van der Waals surface area contributed by atoms with Crippen molar-refractivity contribution >= 4 is 70.4 Å². The van der Waals surface area contributed by atoms with E-state index in [1.807, 2.05) is 0 Å². The average Bonchev–Trinajstić information content (AvgIpc) is 3.60. The molecule has 0 aromatic heterocycles. The lowest BCUT2D eigenvalue weighted by molar-refractivity contribution is -0.125. The van der Waals surface area contributed by atoms with E-state index in [4.69, 9.17) is 32.7 Å². The third-order valence-corrected chi connectivity index (χ3v) is 13.5. The van der Waals surface area contributed by atoms with Gasteiger partial charge in [-0.2, -0.15) is 0 Å². The van der Waals surface area contributed by atoms with Gasteiger partial charge in [0.1, 0.15) is 22.9 Å². The maximum absolute atomic E-state index is 15.4. The smallest absolute Gasteiger partial charge is 0.258 e. The quantitative estimate of drug-likeness (QED) is 0.0340. The average molecular weight is 880 g/mol. The summed E-state index contributed by atoms with van der Waals surface area (Å²) in [4.78, 5) is 53.1. The molecular weight excluding hydrogens is 846 g/mol. The molecule has 8 rings (SSSR count). The van der Waals surface area contributed by atoms with Crippen molar-refractivity contribution in [1.29, 1.82) is 0 Å². The number of nitrogens with zero attached hydrogens (tertiary/aromatic N) is 2. The summed E-state index contributed by atoms with van der Waals surface area (Å²) in [6.45, 7) is 3.69. The number of allylic oxidation sites excluding steroid dienone is 3. The summed E-state index contributed by atoms with van der Waals surface area (Å²) < 4.78 is 85.0. The number of phenols is 1. The molecule has 4 aliphatic rings.